The van der Waals surface area contributed by atoms with Crippen molar-refractivity contribution in [1.82, 2.24) is 9.97 Å². The maximum Gasteiger partial charge on any atom is 0.229 e. The third-order valence-corrected chi connectivity index (χ3v) is 7.53. The van der Waals surface area contributed by atoms with Crippen molar-refractivity contribution in [3.63, 3.8) is 0 Å². The lowest BCUT2D eigenvalue weighted by molar-refractivity contribution is -0.118. The van der Waals surface area contributed by atoms with E-state index in [1.807, 2.05) is 18.2 Å². The van der Waals surface area contributed by atoms with Gasteiger partial charge in [0.1, 0.15) is 0 Å². The zero-order valence-corrected chi connectivity index (χ0v) is 20.3. The van der Waals surface area contributed by atoms with E-state index in [1.165, 1.54) is 21.6 Å². The first kappa shape index (κ1) is 22.5. The lowest BCUT2D eigenvalue weighted by Crippen LogP contribution is -2.30. The Kier molecular flexibility index (Phi) is 7.22. The Morgan fingerprint density at radius 2 is 1.81 bits per heavy atom. The van der Waals surface area contributed by atoms with Crippen molar-refractivity contribution in [3.05, 3.63) is 83.2 Å². The molecule has 0 fully saturated rings. The van der Waals surface area contributed by atoms with Gasteiger partial charge in [0, 0.05) is 17.5 Å². The van der Waals surface area contributed by atoms with Crippen LogP contribution in [0.15, 0.2) is 65.7 Å². The van der Waals surface area contributed by atoms with Gasteiger partial charge in [-0.1, -0.05) is 35.1 Å². The summed E-state index contributed by atoms with van der Waals surface area (Å²) in [7, 11) is 0. The maximum absolute atomic E-state index is 13.3. The van der Waals surface area contributed by atoms with Crippen LogP contribution in [0.5, 0.6) is 0 Å². The summed E-state index contributed by atoms with van der Waals surface area (Å²) in [5.74, 6) is 0.998. The average molecular weight is 462 g/mol. The Morgan fingerprint density at radius 3 is 2.56 bits per heavy atom. The summed E-state index contributed by atoms with van der Waals surface area (Å²) in [6.07, 6.45) is 3.07. The summed E-state index contributed by atoms with van der Waals surface area (Å²) in [6, 6.07) is 18.6. The lowest BCUT2D eigenvalue weighted by atomic mass is 10.1. The van der Waals surface area contributed by atoms with Gasteiger partial charge in [-0.15, -0.1) is 11.8 Å². The molecule has 0 N–H and O–H groups in total. The summed E-state index contributed by atoms with van der Waals surface area (Å²) in [5, 5.41) is 0.742. The fourth-order valence-electron chi connectivity index (χ4n) is 3.38. The van der Waals surface area contributed by atoms with E-state index in [2.05, 4.69) is 62.2 Å². The standard InChI is InChI=1S/C26H27N3OS2/c1-18-9-11-22(12-10-18)31-14-6-8-25(30)29(17-21-7-4-5-13-27-21)26-28-23-15-19(2)20(3)16-24(23)32-26/h4-5,7,9-13,15-16H,6,8,14,17H2,1-3H3. The molecular formula is C26H27N3OS2. The molecule has 4 rings (SSSR count). The number of aromatic nitrogens is 2. The van der Waals surface area contributed by atoms with E-state index < -0.39 is 0 Å². The second-order valence-corrected chi connectivity index (χ2v) is 10.1. The third-order valence-electron chi connectivity index (χ3n) is 5.40. The molecule has 4 nitrogen and oxygen atoms in total. The Bertz CT molecular complexity index is 1160. The molecule has 32 heavy (non-hydrogen) atoms. The van der Waals surface area contributed by atoms with Gasteiger partial charge in [0.25, 0.3) is 0 Å². The van der Waals surface area contributed by atoms with Crippen molar-refractivity contribution in [2.24, 2.45) is 0 Å². The molecule has 0 atom stereocenters. The number of fused-ring (bicyclic) bond motifs is 1. The fourth-order valence-corrected chi connectivity index (χ4v) is 5.30. The number of carbonyl (C=O) groups is 1. The van der Waals surface area contributed by atoms with Crippen molar-refractivity contribution >= 4 is 44.4 Å². The summed E-state index contributed by atoms with van der Waals surface area (Å²) >= 11 is 3.37. The molecule has 0 saturated carbocycles. The number of anilines is 1. The Labute approximate surface area is 197 Å². The molecule has 2 aromatic carbocycles. The first-order valence-electron chi connectivity index (χ1n) is 10.8. The van der Waals surface area contributed by atoms with E-state index in [-0.39, 0.29) is 5.91 Å². The number of benzene rings is 2. The van der Waals surface area contributed by atoms with Crippen molar-refractivity contribution < 1.29 is 4.79 Å². The number of pyridine rings is 1. The van der Waals surface area contributed by atoms with E-state index in [0.29, 0.717) is 13.0 Å². The first-order valence-corrected chi connectivity index (χ1v) is 12.6. The van der Waals surface area contributed by atoms with Gasteiger partial charge in [-0.25, -0.2) is 4.98 Å². The van der Waals surface area contributed by atoms with Crippen LogP contribution in [0.25, 0.3) is 10.2 Å². The largest absolute Gasteiger partial charge is 0.282 e. The molecule has 0 spiro atoms. The number of carbonyl (C=O) groups excluding carboxylic acids is 1. The number of rotatable bonds is 8. The van der Waals surface area contributed by atoms with E-state index >= 15 is 0 Å². The predicted octanol–water partition coefficient (Wildman–Crippen LogP) is 6.72. The van der Waals surface area contributed by atoms with Crippen molar-refractivity contribution in [3.8, 4) is 0 Å². The molecule has 0 aliphatic carbocycles. The van der Waals surface area contributed by atoms with Gasteiger partial charge in [0.2, 0.25) is 5.91 Å². The zero-order valence-electron chi connectivity index (χ0n) is 18.7. The minimum atomic E-state index is 0.0904. The third kappa shape index (κ3) is 5.56. The summed E-state index contributed by atoms with van der Waals surface area (Å²) in [4.78, 5) is 25.5. The van der Waals surface area contributed by atoms with Gasteiger partial charge in [0.05, 0.1) is 22.5 Å². The number of amides is 1. The van der Waals surface area contributed by atoms with E-state index in [4.69, 9.17) is 4.98 Å². The molecule has 4 aromatic rings. The van der Waals surface area contributed by atoms with Crippen LogP contribution >= 0.6 is 23.1 Å². The van der Waals surface area contributed by atoms with Crippen molar-refractivity contribution in [2.75, 3.05) is 10.7 Å². The minimum absolute atomic E-state index is 0.0904. The van der Waals surface area contributed by atoms with Gasteiger partial charge >= 0.3 is 0 Å². The Balaban J connectivity index is 1.48. The molecule has 6 heteroatoms. The molecule has 0 unspecified atom stereocenters. The summed E-state index contributed by atoms with van der Waals surface area (Å²) in [6.45, 7) is 6.73. The Morgan fingerprint density at radius 1 is 1.03 bits per heavy atom. The highest BCUT2D eigenvalue weighted by Gasteiger charge is 2.20. The molecule has 2 aromatic heterocycles. The monoisotopic (exact) mass is 461 g/mol. The highest BCUT2D eigenvalue weighted by Crippen LogP contribution is 2.32. The smallest absolute Gasteiger partial charge is 0.229 e. The van der Waals surface area contributed by atoms with E-state index in [9.17, 15) is 4.79 Å². The van der Waals surface area contributed by atoms with Crippen LogP contribution in [0.1, 0.15) is 35.2 Å². The molecule has 2 heterocycles. The quantitative estimate of drug-likeness (QED) is 0.216. The number of hydrogen-bond donors (Lipinski definition) is 0. The molecule has 0 saturated heterocycles. The van der Waals surface area contributed by atoms with Crippen LogP contribution in [0, 0.1) is 20.8 Å². The number of aryl methyl sites for hydroxylation is 3. The number of thioether (sulfide) groups is 1. The number of thiazole rings is 1. The van der Waals surface area contributed by atoms with Gasteiger partial charge in [-0.2, -0.15) is 0 Å². The number of hydrogen-bond acceptors (Lipinski definition) is 5. The minimum Gasteiger partial charge on any atom is -0.282 e. The molecule has 1 amide bonds. The van der Waals surface area contributed by atoms with Crippen LogP contribution in [0.3, 0.4) is 0 Å². The molecule has 164 valence electrons. The van der Waals surface area contributed by atoms with Crippen LogP contribution in [0.2, 0.25) is 0 Å². The van der Waals surface area contributed by atoms with Gasteiger partial charge < -0.3 is 0 Å². The summed E-state index contributed by atoms with van der Waals surface area (Å²) in [5.41, 5.74) is 5.52. The maximum atomic E-state index is 13.3. The molecular weight excluding hydrogens is 434 g/mol. The Hall–Kier alpha value is -2.70. The second kappa shape index (κ2) is 10.3. The summed E-state index contributed by atoms with van der Waals surface area (Å²) < 4.78 is 1.11. The molecule has 0 radical (unpaired) electrons. The highest BCUT2D eigenvalue weighted by molar-refractivity contribution is 7.99. The average Bonchev–Trinajstić information content (AvgIpc) is 3.19. The first-order chi connectivity index (χ1) is 15.5. The lowest BCUT2D eigenvalue weighted by Gasteiger charge is -2.19. The normalized spacial score (nSPS) is 11.1. The van der Waals surface area contributed by atoms with Crippen LogP contribution in [-0.4, -0.2) is 21.6 Å². The van der Waals surface area contributed by atoms with Gasteiger partial charge in [-0.3, -0.25) is 14.7 Å². The zero-order chi connectivity index (χ0) is 22.5. The van der Waals surface area contributed by atoms with E-state index in [1.54, 1.807) is 34.2 Å². The topological polar surface area (TPSA) is 46.1 Å². The highest BCUT2D eigenvalue weighted by atomic mass is 32.2. The molecule has 0 aliphatic rings. The predicted molar refractivity (Wildman–Crippen MR) is 136 cm³/mol. The van der Waals surface area contributed by atoms with Crippen LogP contribution < -0.4 is 4.90 Å². The van der Waals surface area contributed by atoms with Crippen molar-refractivity contribution in [1.29, 1.82) is 0 Å². The molecule has 0 aliphatic heterocycles. The van der Waals surface area contributed by atoms with Gasteiger partial charge in [0.15, 0.2) is 5.13 Å². The number of nitrogens with zero attached hydrogens (tertiary/aromatic N) is 3. The van der Waals surface area contributed by atoms with Gasteiger partial charge in [-0.05, 0) is 80.5 Å². The fraction of sp³-hybridized carbons (Fsp3) is 0.269. The van der Waals surface area contributed by atoms with Crippen LogP contribution in [0.4, 0.5) is 5.13 Å². The van der Waals surface area contributed by atoms with E-state index in [0.717, 1.165) is 33.2 Å². The second-order valence-electron chi connectivity index (χ2n) is 7.97. The van der Waals surface area contributed by atoms with Crippen LogP contribution in [-0.2, 0) is 11.3 Å². The SMILES string of the molecule is Cc1ccc(SCCCC(=O)N(Cc2ccccn2)c2nc3cc(C)c(C)cc3s2)cc1. The molecule has 0 bridgehead atoms. The van der Waals surface area contributed by atoms with Crippen molar-refractivity contribution in [2.45, 2.75) is 45.1 Å².